The minimum atomic E-state index is 0.730. The lowest BCUT2D eigenvalue weighted by Crippen LogP contribution is -2.36. The molecule has 1 fully saturated rings. The van der Waals surface area contributed by atoms with Gasteiger partial charge in [-0.05, 0) is 42.3 Å². The Labute approximate surface area is 173 Å². The van der Waals surface area contributed by atoms with Crippen LogP contribution in [0.3, 0.4) is 0 Å². The van der Waals surface area contributed by atoms with E-state index in [1.165, 1.54) is 11.3 Å². The standard InChI is InChI=1S/C25H27N3O/c1-21(23-12-14-24(15-13-23)27-16-18-29-19-17-27)26-28(25-10-6-3-7-11-25)20-22-8-4-2-5-9-22/h2-15H,16-20H2,1H3/b26-21-. The van der Waals surface area contributed by atoms with Crippen LogP contribution in [0.15, 0.2) is 90.0 Å². The summed E-state index contributed by atoms with van der Waals surface area (Å²) in [5.41, 5.74) is 5.69. The SMILES string of the molecule is C/C(=N/N(Cc1ccccc1)c1ccccc1)c1ccc(N2CCOCC2)cc1. The first-order valence-corrected chi connectivity index (χ1v) is 10.1. The van der Waals surface area contributed by atoms with Gasteiger partial charge in [-0.1, -0.05) is 60.7 Å². The van der Waals surface area contributed by atoms with Gasteiger partial charge in [-0.25, -0.2) is 0 Å². The maximum atomic E-state index is 5.45. The molecule has 0 bridgehead atoms. The van der Waals surface area contributed by atoms with Crippen LogP contribution in [0.2, 0.25) is 0 Å². The van der Waals surface area contributed by atoms with Gasteiger partial charge in [-0.2, -0.15) is 5.10 Å². The molecule has 0 spiro atoms. The summed E-state index contributed by atoms with van der Waals surface area (Å²) in [7, 11) is 0. The van der Waals surface area contributed by atoms with Crippen LogP contribution in [0.4, 0.5) is 11.4 Å². The van der Waals surface area contributed by atoms with Gasteiger partial charge in [-0.15, -0.1) is 0 Å². The lowest BCUT2D eigenvalue weighted by atomic mass is 10.1. The van der Waals surface area contributed by atoms with Crippen LogP contribution in [-0.2, 0) is 11.3 Å². The molecule has 0 amide bonds. The van der Waals surface area contributed by atoms with Gasteiger partial charge in [0.05, 0.1) is 31.2 Å². The average molecular weight is 386 g/mol. The smallest absolute Gasteiger partial charge is 0.0666 e. The highest BCUT2D eigenvalue weighted by molar-refractivity contribution is 5.99. The third-order valence-electron chi connectivity index (χ3n) is 5.16. The van der Waals surface area contributed by atoms with Gasteiger partial charge in [0, 0.05) is 18.8 Å². The number of hydrogen-bond donors (Lipinski definition) is 0. The molecule has 1 aliphatic heterocycles. The van der Waals surface area contributed by atoms with E-state index in [0.717, 1.165) is 49.8 Å². The Morgan fingerprint density at radius 1 is 0.862 bits per heavy atom. The number of nitrogens with zero attached hydrogens (tertiary/aromatic N) is 3. The maximum absolute atomic E-state index is 5.45. The van der Waals surface area contributed by atoms with Crippen molar-refractivity contribution >= 4 is 17.1 Å². The molecule has 0 radical (unpaired) electrons. The zero-order chi connectivity index (χ0) is 19.9. The van der Waals surface area contributed by atoms with E-state index in [0.29, 0.717) is 0 Å². The van der Waals surface area contributed by atoms with Gasteiger partial charge < -0.3 is 9.64 Å². The molecule has 1 heterocycles. The number of anilines is 2. The van der Waals surface area contributed by atoms with E-state index in [2.05, 4.69) is 89.6 Å². The van der Waals surface area contributed by atoms with Crippen LogP contribution in [0.5, 0.6) is 0 Å². The number of hydrogen-bond acceptors (Lipinski definition) is 4. The fourth-order valence-corrected chi connectivity index (χ4v) is 3.51. The molecule has 0 atom stereocenters. The molecular formula is C25H27N3O. The predicted octanol–water partition coefficient (Wildman–Crippen LogP) is 4.95. The van der Waals surface area contributed by atoms with Crippen LogP contribution in [0.1, 0.15) is 18.1 Å². The first-order chi connectivity index (χ1) is 14.3. The van der Waals surface area contributed by atoms with Crippen molar-refractivity contribution in [3.8, 4) is 0 Å². The Bertz CT molecular complexity index is 917. The molecule has 0 unspecified atom stereocenters. The normalized spacial score (nSPS) is 14.7. The van der Waals surface area contributed by atoms with Gasteiger partial charge in [0.2, 0.25) is 0 Å². The molecule has 1 aliphatic rings. The van der Waals surface area contributed by atoms with Crippen molar-refractivity contribution in [3.63, 3.8) is 0 Å². The van der Waals surface area contributed by atoms with Crippen LogP contribution in [0, 0.1) is 0 Å². The number of morpholine rings is 1. The quantitative estimate of drug-likeness (QED) is 0.444. The third kappa shape index (κ3) is 5.04. The molecule has 148 valence electrons. The van der Waals surface area contributed by atoms with Crippen molar-refractivity contribution in [2.45, 2.75) is 13.5 Å². The van der Waals surface area contributed by atoms with E-state index in [4.69, 9.17) is 9.84 Å². The second-order valence-electron chi connectivity index (χ2n) is 7.21. The summed E-state index contributed by atoms with van der Waals surface area (Å²) in [6, 6.07) is 29.5. The van der Waals surface area contributed by atoms with Crippen molar-refractivity contribution in [2.75, 3.05) is 36.2 Å². The summed E-state index contributed by atoms with van der Waals surface area (Å²) in [5, 5.41) is 7.04. The number of benzene rings is 3. The third-order valence-corrected chi connectivity index (χ3v) is 5.16. The highest BCUT2D eigenvalue weighted by Crippen LogP contribution is 2.20. The highest BCUT2D eigenvalue weighted by atomic mass is 16.5. The molecule has 0 aromatic heterocycles. The largest absolute Gasteiger partial charge is 0.378 e. The van der Waals surface area contributed by atoms with Gasteiger partial charge in [0.15, 0.2) is 0 Å². The Balaban J connectivity index is 1.56. The number of ether oxygens (including phenoxy) is 1. The molecular weight excluding hydrogens is 358 g/mol. The topological polar surface area (TPSA) is 28.1 Å². The van der Waals surface area contributed by atoms with Crippen molar-refractivity contribution in [2.24, 2.45) is 5.10 Å². The minimum absolute atomic E-state index is 0.730. The maximum Gasteiger partial charge on any atom is 0.0666 e. The fraction of sp³-hybridized carbons (Fsp3) is 0.240. The van der Waals surface area contributed by atoms with E-state index in [1.54, 1.807) is 0 Å². The van der Waals surface area contributed by atoms with Crippen LogP contribution in [-0.4, -0.2) is 32.0 Å². The fourth-order valence-electron chi connectivity index (χ4n) is 3.51. The van der Waals surface area contributed by atoms with E-state index in [1.807, 2.05) is 12.1 Å². The molecule has 4 heteroatoms. The monoisotopic (exact) mass is 385 g/mol. The lowest BCUT2D eigenvalue weighted by Gasteiger charge is -2.29. The molecule has 0 saturated carbocycles. The molecule has 0 aliphatic carbocycles. The van der Waals surface area contributed by atoms with E-state index >= 15 is 0 Å². The number of hydrazone groups is 1. The molecule has 4 nitrogen and oxygen atoms in total. The van der Waals surface area contributed by atoms with Crippen LogP contribution < -0.4 is 9.91 Å². The van der Waals surface area contributed by atoms with Crippen LogP contribution >= 0.6 is 0 Å². The Morgan fingerprint density at radius 3 is 2.14 bits per heavy atom. The summed E-state index contributed by atoms with van der Waals surface area (Å²) in [4.78, 5) is 2.37. The van der Waals surface area contributed by atoms with Crippen LogP contribution in [0.25, 0.3) is 0 Å². The van der Waals surface area contributed by atoms with Gasteiger partial charge in [0.1, 0.15) is 0 Å². The second-order valence-corrected chi connectivity index (χ2v) is 7.21. The van der Waals surface area contributed by atoms with Crippen molar-refractivity contribution in [1.82, 2.24) is 0 Å². The average Bonchev–Trinajstić information content (AvgIpc) is 2.80. The molecule has 29 heavy (non-hydrogen) atoms. The van der Waals surface area contributed by atoms with E-state index in [9.17, 15) is 0 Å². The van der Waals surface area contributed by atoms with Gasteiger partial charge in [0.25, 0.3) is 0 Å². The summed E-state index contributed by atoms with van der Waals surface area (Å²) in [6.45, 7) is 6.30. The van der Waals surface area contributed by atoms with Crippen molar-refractivity contribution in [1.29, 1.82) is 0 Å². The number of para-hydroxylation sites is 1. The van der Waals surface area contributed by atoms with Crippen molar-refractivity contribution in [3.05, 3.63) is 96.1 Å². The van der Waals surface area contributed by atoms with Gasteiger partial charge in [-0.3, -0.25) is 5.01 Å². The lowest BCUT2D eigenvalue weighted by molar-refractivity contribution is 0.122. The first kappa shape index (κ1) is 19.2. The summed E-state index contributed by atoms with van der Waals surface area (Å²) in [6.07, 6.45) is 0. The summed E-state index contributed by atoms with van der Waals surface area (Å²) >= 11 is 0. The summed E-state index contributed by atoms with van der Waals surface area (Å²) in [5.74, 6) is 0. The molecule has 1 saturated heterocycles. The molecule has 3 aromatic rings. The molecule has 3 aromatic carbocycles. The summed E-state index contributed by atoms with van der Waals surface area (Å²) < 4.78 is 5.45. The Hall–Kier alpha value is -3.11. The Kier molecular flexibility index (Phi) is 6.22. The zero-order valence-corrected chi connectivity index (χ0v) is 16.9. The Morgan fingerprint density at radius 2 is 1.48 bits per heavy atom. The van der Waals surface area contributed by atoms with E-state index in [-0.39, 0.29) is 0 Å². The first-order valence-electron chi connectivity index (χ1n) is 10.1. The zero-order valence-electron chi connectivity index (χ0n) is 16.9. The molecule has 0 N–H and O–H groups in total. The van der Waals surface area contributed by atoms with Crippen molar-refractivity contribution < 1.29 is 4.74 Å². The highest BCUT2D eigenvalue weighted by Gasteiger charge is 2.12. The molecule has 4 rings (SSSR count). The second kappa shape index (κ2) is 9.39. The van der Waals surface area contributed by atoms with E-state index < -0.39 is 0 Å². The predicted molar refractivity (Wildman–Crippen MR) is 121 cm³/mol. The van der Waals surface area contributed by atoms with Gasteiger partial charge >= 0.3 is 0 Å². The minimum Gasteiger partial charge on any atom is -0.378 e. The number of rotatable bonds is 6.